The molecule has 0 bridgehead atoms. The molecule has 4 N–H and O–H groups in total. The van der Waals surface area contributed by atoms with Crippen molar-refractivity contribution >= 4 is 11.8 Å². The number of hydrogen-bond acceptors (Lipinski definition) is 6. The summed E-state index contributed by atoms with van der Waals surface area (Å²) in [6.07, 6.45) is 4.84. The van der Waals surface area contributed by atoms with E-state index in [1.165, 1.54) is 0 Å². The molecule has 0 unspecified atom stereocenters. The summed E-state index contributed by atoms with van der Waals surface area (Å²) in [6.45, 7) is 0.321. The van der Waals surface area contributed by atoms with Gasteiger partial charge in [-0.25, -0.2) is 0 Å². The fourth-order valence-electron chi connectivity index (χ4n) is 4.87. The molecular formula is C24H30N2O6. The number of ether oxygens (including phenoxy) is 2. The van der Waals surface area contributed by atoms with E-state index in [1.807, 2.05) is 12.1 Å². The molecule has 172 valence electrons. The fraction of sp³-hybridized carbons (Fsp3) is 0.583. The second kappa shape index (κ2) is 8.59. The van der Waals surface area contributed by atoms with Gasteiger partial charge < -0.3 is 30.3 Å². The van der Waals surface area contributed by atoms with E-state index in [9.17, 15) is 14.7 Å². The van der Waals surface area contributed by atoms with E-state index < -0.39 is 24.1 Å². The molecule has 0 spiro atoms. The Morgan fingerprint density at radius 3 is 2.50 bits per heavy atom. The smallest absolute Gasteiger partial charge is 0.251 e. The van der Waals surface area contributed by atoms with Gasteiger partial charge >= 0.3 is 0 Å². The van der Waals surface area contributed by atoms with E-state index in [-0.39, 0.29) is 37.9 Å². The van der Waals surface area contributed by atoms with E-state index in [4.69, 9.17) is 14.6 Å². The number of carbonyl (C=O) groups is 2. The van der Waals surface area contributed by atoms with E-state index in [1.54, 1.807) is 18.2 Å². The van der Waals surface area contributed by atoms with Gasteiger partial charge in [-0.3, -0.25) is 9.59 Å². The largest absolute Gasteiger partial charge is 0.395 e. The lowest BCUT2D eigenvalue weighted by Crippen LogP contribution is -2.41. The van der Waals surface area contributed by atoms with Gasteiger partial charge in [0.15, 0.2) is 5.79 Å². The molecular weight excluding hydrogens is 412 g/mol. The summed E-state index contributed by atoms with van der Waals surface area (Å²) in [5.74, 6) is -0.294. The summed E-state index contributed by atoms with van der Waals surface area (Å²) in [7, 11) is 0. The maximum Gasteiger partial charge on any atom is 0.251 e. The molecule has 8 nitrogen and oxygen atoms in total. The first-order valence-corrected chi connectivity index (χ1v) is 11.5. The number of carbonyl (C=O) groups excluding carboxylic acids is 2. The molecule has 32 heavy (non-hydrogen) atoms. The molecule has 1 aliphatic heterocycles. The van der Waals surface area contributed by atoms with Gasteiger partial charge in [0.25, 0.3) is 5.91 Å². The van der Waals surface area contributed by atoms with Crippen molar-refractivity contribution in [2.45, 2.75) is 62.7 Å². The van der Waals surface area contributed by atoms with E-state index in [0.717, 1.165) is 31.2 Å². The molecule has 3 fully saturated rings. The van der Waals surface area contributed by atoms with E-state index in [0.29, 0.717) is 23.0 Å². The van der Waals surface area contributed by atoms with E-state index in [2.05, 4.69) is 10.6 Å². The van der Waals surface area contributed by atoms with Crippen LogP contribution in [-0.4, -0.2) is 59.3 Å². The highest BCUT2D eigenvalue weighted by Crippen LogP contribution is 2.59. The van der Waals surface area contributed by atoms with Gasteiger partial charge in [0.1, 0.15) is 12.2 Å². The number of benzene rings is 1. The highest BCUT2D eigenvalue weighted by molar-refractivity contribution is 5.95. The van der Waals surface area contributed by atoms with Gasteiger partial charge in [0, 0.05) is 42.5 Å². The number of amides is 2. The van der Waals surface area contributed by atoms with Crippen LogP contribution in [0.15, 0.2) is 35.9 Å². The molecule has 8 heteroatoms. The predicted octanol–water partition coefficient (Wildman–Crippen LogP) is 1.02. The van der Waals surface area contributed by atoms with Gasteiger partial charge in [-0.05, 0) is 49.5 Å². The molecule has 2 amide bonds. The third kappa shape index (κ3) is 4.20. The quantitative estimate of drug-likeness (QED) is 0.478. The summed E-state index contributed by atoms with van der Waals surface area (Å²) in [5, 5.41) is 25.0. The Labute approximate surface area is 187 Å². The van der Waals surface area contributed by atoms with Crippen LogP contribution >= 0.6 is 0 Å². The minimum absolute atomic E-state index is 0.124. The molecule has 1 heterocycles. The van der Waals surface area contributed by atoms with Crippen molar-refractivity contribution in [3.63, 3.8) is 0 Å². The van der Waals surface area contributed by atoms with Crippen molar-refractivity contribution in [3.8, 4) is 0 Å². The normalized spacial score (nSPS) is 28.6. The topological polar surface area (TPSA) is 117 Å². The second-order valence-electron chi connectivity index (χ2n) is 9.26. The monoisotopic (exact) mass is 442 g/mol. The first kappa shape index (κ1) is 21.6. The molecule has 1 aromatic carbocycles. The van der Waals surface area contributed by atoms with Crippen LogP contribution in [0.1, 0.15) is 48.0 Å². The maximum absolute atomic E-state index is 12.8. The number of aliphatic hydroxyl groups is 2. The van der Waals surface area contributed by atoms with E-state index >= 15 is 0 Å². The number of aliphatic hydroxyl groups excluding tert-OH is 2. The van der Waals surface area contributed by atoms with Crippen LogP contribution in [0.3, 0.4) is 0 Å². The van der Waals surface area contributed by atoms with Crippen LogP contribution in [0.25, 0.3) is 0 Å². The molecule has 4 aliphatic rings. The first-order valence-electron chi connectivity index (χ1n) is 11.5. The van der Waals surface area contributed by atoms with Crippen molar-refractivity contribution < 1.29 is 29.3 Å². The Hall–Kier alpha value is -2.26. The van der Waals surface area contributed by atoms with Crippen LogP contribution in [-0.2, 0) is 20.8 Å². The lowest BCUT2D eigenvalue weighted by molar-refractivity contribution is -0.209. The standard InChI is InChI=1S/C24H30N2O6/c27-9-8-25-22(29)15-3-1-2-14(10-15)13-26-23(30)16-11-19(28)21-20(12-16)31-24(32-21,17-4-5-17)18-6-7-18/h1-3,10,12,17-21,27-28H,4-9,11,13H2,(H,25,29)(H,26,30)/t19-,20-,21+/m1/s1. The second-order valence-corrected chi connectivity index (χ2v) is 9.26. The van der Waals surface area contributed by atoms with Gasteiger partial charge in [-0.2, -0.15) is 0 Å². The van der Waals surface area contributed by atoms with Gasteiger partial charge in [-0.15, -0.1) is 0 Å². The van der Waals surface area contributed by atoms with Crippen LogP contribution in [0.4, 0.5) is 0 Å². The van der Waals surface area contributed by atoms with Crippen LogP contribution < -0.4 is 10.6 Å². The summed E-state index contributed by atoms with van der Waals surface area (Å²) < 4.78 is 12.7. The summed E-state index contributed by atoms with van der Waals surface area (Å²) in [5.41, 5.74) is 1.75. The number of rotatable bonds is 8. The highest BCUT2D eigenvalue weighted by Gasteiger charge is 2.64. The third-order valence-electron chi connectivity index (χ3n) is 6.76. The molecule has 3 aliphatic carbocycles. The fourth-order valence-corrected chi connectivity index (χ4v) is 4.87. The lowest BCUT2D eigenvalue weighted by Gasteiger charge is -2.29. The Balaban J connectivity index is 1.22. The van der Waals surface area contributed by atoms with Crippen molar-refractivity contribution in [1.29, 1.82) is 0 Å². The minimum atomic E-state index is -0.774. The molecule has 0 radical (unpaired) electrons. The molecule has 3 atom stereocenters. The molecule has 5 rings (SSSR count). The van der Waals surface area contributed by atoms with Gasteiger partial charge in [0.05, 0.1) is 12.7 Å². The molecule has 0 aromatic heterocycles. The van der Waals surface area contributed by atoms with Crippen LogP contribution in [0.5, 0.6) is 0 Å². The maximum atomic E-state index is 12.8. The average molecular weight is 443 g/mol. The lowest BCUT2D eigenvalue weighted by atomic mass is 9.92. The zero-order valence-electron chi connectivity index (χ0n) is 18.0. The zero-order valence-corrected chi connectivity index (χ0v) is 18.0. The van der Waals surface area contributed by atoms with Crippen molar-refractivity contribution in [1.82, 2.24) is 10.6 Å². The third-order valence-corrected chi connectivity index (χ3v) is 6.76. The SMILES string of the molecule is O=C(NCc1cccc(C(=O)NCCO)c1)C1=C[C@H]2OC(C3CC3)(C3CC3)O[C@H]2[C@H](O)C1. The number of nitrogens with one attached hydrogen (secondary N) is 2. The summed E-state index contributed by atoms with van der Waals surface area (Å²) in [6, 6.07) is 6.97. The summed E-state index contributed by atoms with van der Waals surface area (Å²) >= 11 is 0. The Morgan fingerprint density at radius 2 is 1.81 bits per heavy atom. The highest BCUT2D eigenvalue weighted by atomic mass is 16.8. The number of fused-ring (bicyclic) bond motifs is 1. The van der Waals surface area contributed by atoms with Crippen LogP contribution in [0.2, 0.25) is 0 Å². The zero-order chi connectivity index (χ0) is 22.3. The Kier molecular flexibility index (Phi) is 5.79. The van der Waals surface area contributed by atoms with Gasteiger partial charge in [0.2, 0.25) is 5.91 Å². The number of hydrogen-bond donors (Lipinski definition) is 4. The first-order chi connectivity index (χ1) is 15.5. The molecule has 1 saturated heterocycles. The average Bonchev–Trinajstić information content (AvgIpc) is 3.73. The molecule has 2 saturated carbocycles. The Morgan fingerprint density at radius 1 is 1.06 bits per heavy atom. The minimum Gasteiger partial charge on any atom is -0.395 e. The van der Waals surface area contributed by atoms with Crippen molar-refractivity contribution in [2.24, 2.45) is 11.8 Å². The molecule has 1 aromatic rings. The summed E-state index contributed by atoms with van der Waals surface area (Å²) in [4.78, 5) is 24.9. The van der Waals surface area contributed by atoms with Gasteiger partial charge in [-0.1, -0.05) is 12.1 Å². The predicted molar refractivity (Wildman–Crippen MR) is 114 cm³/mol. The van der Waals surface area contributed by atoms with Crippen molar-refractivity contribution in [3.05, 3.63) is 47.0 Å². The van der Waals surface area contributed by atoms with Crippen LogP contribution in [0, 0.1) is 11.8 Å². The Bertz CT molecular complexity index is 911. The van der Waals surface area contributed by atoms with Crippen molar-refractivity contribution in [2.75, 3.05) is 13.2 Å².